The smallest absolute Gasteiger partial charge is 0.132 e. The monoisotopic (exact) mass is 327 g/mol. The Labute approximate surface area is 142 Å². The van der Waals surface area contributed by atoms with Crippen LogP contribution in [0.2, 0.25) is 0 Å². The fourth-order valence-electron chi connectivity index (χ4n) is 3.90. The molecule has 2 unspecified atom stereocenters. The first-order chi connectivity index (χ1) is 11.5. The van der Waals surface area contributed by atoms with Gasteiger partial charge in [0.2, 0.25) is 0 Å². The van der Waals surface area contributed by atoms with E-state index in [0.29, 0.717) is 0 Å². The molecule has 6 heteroatoms. The predicted molar refractivity (Wildman–Crippen MR) is 91.7 cm³/mol. The van der Waals surface area contributed by atoms with Gasteiger partial charge in [0.15, 0.2) is 0 Å². The molecule has 6 nitrogen and oxygen atoms in total. The molecule has 4 rings (SSSR count). The molecule has 0 aliphatic carbocycles. The highest BCUT2D eigenvalue weighted by Crippen LogP contribution is 2.34. The molecule has 2 fully saturated rings. The second-order valence-corrected chi connectivity index (χ2v) is 8.16. The Morgan fingerprint density at radius 1 is 1.12 bits per heavy atom. The number of anilines is 1. The van der Waals surface area contributed by atoms with Crippen LogP contribution >= 0.6 is 0 Å². The van der Waals surface area contributed by atoms with Gasteiger partial charge in [0.1, 0.15) is 18.4 Å². The number of hydrogen-bond donors (Lipinski definition) is 0. The van der Waals surface area contributed by atoms with Gasteiger partial charge in [0.25, 0.3) is 0 Å². The molecular weight excluding hydrogens is 302 g/mol. The number of nitrogens with zero attached hydrogens (tertiary/aromatic N) is 5. The lowest BCUT2D eigenvalue weighted by atomic mass is 9.92. The number of aromatic nitrogens is 3. The van der Waals surface area contributed by atoms with Crippen molar-refractivity contribution in [2.45, 2.75) is 32.7 Å². The van der Waals surface area contributed by atoms with E-state index < -0.39 is 0 Å². The highest BCUT2D eigenvalue weighted by atomic mass is 16.5. The normalized spacial score (nSPS) is 24.5. The Morgan fingerprint density at radius 3 is 2.50 bits per heavy atom. The summed E-state index contributed by atoms with van der Waals surface area (Å²) in [5.74, 6) is 2.52. The highest BCUT2D eigenvalue weighted by molar-refractivity contribution is 5.42. The SMILES string of the molecule is CC(C)(C)c1cc(N2CC3CN(Cc4cnoc4)CC3C2)ncn1. The maximum absolute atomic E-state index is 4.93. The molecule has 2 aliphatic heterocycles. The van der Waals surface area contributed by atoms with Crippen molar-refractivity contribution in [3.63, 3.8) is 0 Å². The summed E-state index contributed by atoms with van der Waals surface area (Å²) in [4.78, 5) is 13.9. The van der Waals surface area contributed by atoms with E-state index in [9.17, 15) is 0 Å². The van der Waals surface area contributed by atoms with Gasteiger partial charge < -0.3 is 9.42 Å². The molecule has 0 spiro atoms. The van der Waals surface area contributed by atoms with Crippen molar-refractivity contribution >= 4 is 5.82 Å². The van der Waals surface area contributed by atoms with E-state index in [-0.39, 0.29) is 5.41 Å². The third-order valence-corrected chi connectivity index (χ3v) is 5.20. The van der Waals surface area contributed by atoms with Crippen LogP contribution in [0.5, 0.6) is 0 Å². The maximum atomic E-state index is 4.93. The van der Waals surface area contributed by atoms with E-state index in [4.69, 9.17) is 4.52 Å². The van der Waals surface area contributed by atoms with Gasteiger partial charge in [0.05, 0.1) is 11.9 Å². The average Bonchev–Trinajstić information content (AvgIpc) is 3.23. The molecule has 0 aromatic carbocycles. The number of hydrogen-bond acceptors (Lipinski definition) is 6. The zero-order valence-corrected chi connectivity index (χ0v) is 14.6. The van der Waals surface area contributed by atoms with Gasteiger partial charge in [-0.25, -0.2) is 9.97 Å². The van der Waals surface area contributed by atoms with E-state index in [1.807, 2.05) is 6.20 Å². The fourth-order valence-corrected chi connectivity index (χ4v) is 3.90. The van der Waals surface area contributed by atoms with Crippen molar-refractivity contribution in [2.75, 3.05) is 31.1 Å². The first kappa shape index (κ1) is 15.6. The van der Waals surface area contributed by atoms with Crippen LogP contribution in [0.4, 0.5) is 5.82 Å². The Morgan fingerprint density at radius 2 is 1.88 bits per heavy atom. The molecule has 0 radical (unpaired) electrons. The van der Waals surface area contributed by atoms with E-state index in [0.717, 1.165) is 61.6 Å². The third kappa shape index (κ3) is 3.02. The van der Waals surface area contributed by atoms with Crippen LogP contribution in [-0.4, -0.2) is 46.2 Å². The van der Waals surface area contributed by atoms with Gasteiger partial charge in [-0.05, 0) is 11.8 Å². The first-order valence-corrected chi connectivity index (χ1v) is 8.67. The van der Waals surface area contributed by atoms with Crippen LogP contribution < -0.4 is 4.90 Å². The predicted octanol–water partition coefficient (Wildman–Crippen LogP) is 2.33. The topological polar surface area (TPSA) is 58.3 Å². The second-order valence-electron chi connectivity index (χ2n) is 8.16. The van der Waals surface area contributed by atoms with Crippen LogP contribution in [0.25, 0.3) is 0 Å². The largest absolute Gasteiger partial charge is 0.364 e. The van der Waals surface area contributed by atoms with Crippen molar-refractivity contribution in [3.05, 3.63) is 36.1 Å². The first-order valence-electron chi connectivity index (χ1n) is 8.67. The Balaban J connectivity index is 1.41. The molecule has 2 aromatic rings. The summed E-state index contributed by atoms with van der Waals surface area (Å²) in [7, 11) is 0. The fraction of sp³-hybridized carbons (Fsp3) is 0.611. The van der Waals surface area contributed by atoms with Gasteiger partial charge in [-0.15, -0.1) is 0 Å². The molecule has 0 N–H and O–H groups in total. The zero-order valence-electron chi connectivity index (χ0n) is 14.6. The highest BCUT2D eigenvalue weighted by Gasteiger charge is 2.40. The van der Waals surface area contributed by atoms with Gasteiger partial charge >= 0.3 is 0 Å². The number of fused-ring (bicyclic) bond motifs is 1. The third-order valence-electron chi connectivity index (χ3n) is 5.20. The van der Waals surface area contributed by atoms with Crippen molar-refractivity contribution in [1.29, 1.82) is 0 Å². The van der Waals surface area contributed by atoms with E-state index >= 15 is 0 Å². The van der Waals surface area contributed by atoms with Gasteiger partial charge in [-0.2, -0.15) is 0 Å². The van der Waals surface area contributed by atoms with Crippen molar-refractivity contribution in [3.8, 4) is 0 Å². The molecule has 4 heterocycles. The van der Waals surface area contributed by atoms with E-state index in [2.05, 4.69) is 51.8 Å². The van der Waals surface area contributed by atoms with Gasteiger partial charge in [0, 0.05) is 49.8 Å². The summed E-state index contributed by atoms with van der Waals surface area (Å²) in [6.07, 6.45) is 5.27. The van der Waals surface area contributed by atoms with Crippen LogP contribution in [0.1, 0.15) is 32.0 Å². The molecule has 2 saturated heterocycles. The second kappa shape index (κ2) is 5.84. The van der Waals surface area contributed by atoms with E-state index in [1.54, 1.807) is 12.6 Å². The molecule has 0 saturated carbocycles. The summed E-state index contributed by atoms with van der Waals surface area (Å²) < 4.78 is 4.93. The van der Waals surface area contributed by atoms with Crippen LogP contribution in [0.15, 0.2) is 29.4 Å². The average molecular weight is 327 g/mol. The Hall–Kier alpha value is -1.95. The molecule has 0 bridgehead atoms. The Kier molecular flexibility index (Phi) is 3.79. The molecule has 128 valence electrons. The van der Waals surface area contributed by atoms with Gasteiger partial charge in [-0.3, -0.25) is 4.90 Å². The summed E-state index contributed by atoms with van der Waals surface area (Å²) in [6.45, 7) is 12.0. The molecule has 0 amide bonds. The number of likely N-dealkylation sites (tertiary alicyclic amines) is 1. The lowest BCUT2D eigenvalue weighted by Gasteiger charge is -2.24. The van der Waals surface area contributed by atoms with E-state index in [1.165, 1.54) is 0 Å². The van der Waals surface area contributed by atoms with Crippen molar-refractivity contribution < 1.29 is 4.52 Å². The quantitative estimate of drug-likeness (QED) is 0.862. The minimum Gasteiger partial charge on any atom is -0.364 e. The summed E-state index contributed by atoms with van der Waals surface area (Å²) in [5.41, 5.74) is 2.33. The molecule has 2 aliphatic rings. The molecular formula is C18H25N5O. The lowest BCUT2D eigenvalue weighted by Crippen LogP contribution is -2.29. The van der Waals surface area contributed by atoms with Crippen molar-refractivity contribution in [1.82, 2.24) is 20.0 Å². The minimum atomic E-state index is 0.0582. The Bertz CT molecular complexity index is 680. The zero-order chi connectivity index (χ0) is 16.7. The maximum Gasteiger partial charge on any atom is 0.132 e. The van der Waals surface area contributed by atoms with Crippen LogP contribution in [-0.2, 0) is 12.0 Å². The molecule has 2 aromatic heterocycles. The van der Waals surface area contributed by atoms with Crippen LogP contribution in [0, 0.1) is 11.8 Å². The van der Waals surface area contributed by atoms with Crippen molar-refractivity contribution in [2.24, 2.45) is 11.8 Å². The minimum absolute atomic E-state index is 0.0582. The lowest BCUT2D eigenvalue weighted by molar-refractivity contribution is 0.307. The standard InChI is InChI=1S/C18H25N5O/c1-18(2,3)16-4-17(20-12-19-16)23-9-14-7-22(8-15(14)10-23)6-13-5-21-24-11-13/h4-5,11-12,14-15H,6-10H2,1-3H3. The summed E-state index contributed by atoms with van der Waals surface area (Å²) in [5, 5.41) is 3.79. The molecule has 24 heavy (non-hydrogen) atoms. The summed E-state index contributed by atoms with van der Waals surface area (Å²) in [6, 6.07) is 2.16. The number of rotatable bonds is 3. The molecule has 2 atom stereocenters. The van der Waals surface area contributed by atoms with Gasteiger partial charge in [-0.1, -0.05) is 25.9 Å². The van der Waals surface area contributed by atoms with Crippen LogP contribution in [0.3, 0.4) is 0 Å². The summed E-state index contributed by atoms with van der Waals surface area (Å²) >= 11 is 0.